The van der Waals surface area contributed by atoms with E-state index in [-0.39, 0.29) is 25.2 Å². The van der Waals surface area contributed by atoms with Crippen LogP contribution in [0, 0.1) is 11.8 Å². The van der Waals surface area contributed by atoms with E-state index in [1.807, 2.05) is 56.3 Å². The fraction of sp³-hybridized carbons (Fsp3) is 0.423. The van der Waals surface area contributed by atoms with Crippen LogP contribution in [0.2, 0.25) is 0 Å². The molecule has 1 saturated heterocycles. The van der Waals surface area contributed by atoms with Gasteiger partial charge in [0, 0.05) is 26.4 Å². The molecule has 8 heteroatoms. The van der Waals surface area contributed by atoms with E-state index in [1.165, 1.54) is 12.7 Å². The SMILES string of the molecule is COC(Cc1ccc(Cc2ccccc2)cc1)([PH2]=O)C(CC(C)C)C(=O)ON1C(=O)CCC1=O. The van der Waals surface area contributed by atoms with Crippen LogP contribution in [0.15, 0.2) is 54.6 Å². The molecule has 7 nitrogen and oxygen atoms in total. The van der Waals surface area contributed by atoms with Gasteiger partial charge in [0.05, 0.1) is 14.4 Å². The first-order valence-corrected chi connectivity index (χ1v) is 12.5. The topological polar surface area (TPSA) is 90.0 Å². The third kappa shape index (κ3) is 6.22. The molecule has 3 unspecified atom stereocenters. The van der Waals surface area contributed by atoms with Gasteiger partial charge in [0.1, 0.15) is 5.34 Å². The lowest BCUT2D eigenvalue weighted by molar-refractivity contribution is -0.205. The summed E-state index contributed by atoms with van der Waals surface area (Å²) < 4.78 is 18.3. The van der Waals surface area contributed by atoms with Crippen molar-refractivity contribution in [3.05, 3.63) is 71.3 Å². The van der Waals surface area contributed by atoms with Gasteiger partial charge in [-0.25, -0.2) is 4.79 Å². The molecule has 3 rings (SSSR count). The molecule has 34 heavy (non-hydrogen) atoms. The molecule has 2 amide bonds. The fourth-order valence-corrected chi connectivity index (χ4v) is 5.06. The van der Waals surface area contributed by atoms with Gasteiger partial charge in [-0.2, -0.15) is 0 Å². The van der Waals surface area contributed by atoms with Gasteiger partial charge < -0.3 is 14.1 Å². The molecule has 0 radical (unpaired) electrons. The highest BCUT2D eigenvalue weighted by atomic mass is 31.1. The number of amides is 2. The van der Waals surface area contributed by atoms with E-state index in [1.54, 1.807) is 0 Å². The van der Waals surface area contributed by atoms with Crippen LogP contribution >= 0.6 is 8.46 Å². The lowest BCUT2D eigenvalue weighted by Gasteiger charge is -2.35. The number of hydrogen-bond donors (Lipinski definition) is 0. The van der Waals surface area contributed by atoms with E-state index in [4.69, 9.17) is 9.57 Å². The summed E-state index contributed by atoms with van der Waals surface area (Å²) >= 11 is 0. The highest BCUT2D eigenvalue weighted by molar-refractivity contribution is 7.25. The lowest BCUT2D eigenvalue weighted by atomic mass is 9.87. The molecule has 0 saturated carbocycles. The Kier molecular flexibility index (Phi) is 8.81. The van der Waals surface area contributed by atoms with Crippen LogP contribution in [0.5, 0.6) is 0 Å². The molecular formula is C26H32NO6P. The van der Waals surface area contributed by atoms with Gasteiger partial charge in [-0.15, -0.1) is 5.06 Å². The number of carbonyl (C=O) groups excluding carboxylic acids is 3. The molecule has 0 bridgehead atoms. The molecule has 182 valence electrons. The summed E-state index contributed by atoms with van der Waals surface area (Å²) in [5, 5.41) is -0.761. The monoisotopic (exact) mass is 485 g/mol. The normalized spacial score (nSPS) is 16.9. The highest BCUT2D eigenvalue weighted by Gasteiger charge is 2.46. The molecule has 2 aromatic rings. The average Bonchev–Trinajstić information content (AvgIpc) is 3.15. The lowest BCUT2D eigenvalue weighted by Crippen LogP contribution is -2.45. The Hall–Kier alpha value is -2.76. The molecule has 3 atom stereocenters. The quantitative estimate of drug-likeness (QED) is 0.350. The summed E-state index contributed by atoms with van der Waals surface area (Å²) in [6.07, 6.45) is 1.40. The maximum absolute atomic E-state index is 13.2. The Morgan fingerprint density at radius 2 is 1.53 bits per heavy atom. The van der Waals surface area contributed by atoms with E-state index in [0.717, 1.165) is 17.5 Å². The zero-order valence-electron chi connectivity index (χ0n) is 19.9. The van der Waals surface area contributed by atoms with Crippen molar-refractivity contribution in [1.29, 1.82) is 0 Å². The van der Waals surface area contributed by atoms with Crippen molar-refractivity contribution < 1.29 is 28.5 Å². The number of methoxy groups -OCH3 is 1. The third-order valence-corrected chi connectivity index (χ3v) is 7.34. The second-order valence-electron chi connectivity index (χ2n) is 9.11. The maximum Gasteiger partial charge on any atom is 0.339 e. The number of ether oxygens (including phenoxy) is 1. The minimum atomic E-state index is -1.55. The van der Waals surface area contributed by atoms with Gasteiger partial charge >= 0.3 is 5.97 Å². The maximum atomic E-state index is 13.2. The molecule has 1 aliphatic heterocycles. The molecule has 1 aliphatic rings. The van der Waals surface area contributed by atoms with Gasteiger partial charge in [-0.1, -0.05) is 68.4 Å². The predicted octanol–water partition coefficient (Wildman–Crippen LogP) is 4.19. The number of benzene rings is 2. The summed E-state index contributed by atoms with van der Waals surface area (Å²) in [5.41, 5.74) is 3.21. The first-order valence-electron chi connectivity index (χ1n) is 11.5. The van der Waals surface area contributed by atoms with Crippen LogP contribution in [-0.4, -0.2) is 35.3 Å². The van der Waals surface area contributed by atoms with Crippen molar-refractivity contribution in [1.82, 2.24) is 5.06 Å². The summed E-state index contributed by atoms with van der Waals surface area (Å²) in [5.74, 6) is -2.71. The Labute approximate surface area is 201 Å². The molecule has 0 aromatic heterocycles. The Morgan fingerprint density at radius 3 is 2.06 bits per heavy atom. The van der Waals surface area contributed by atoms with Gasteiger partial charge in [-0.05, 0) is 35.4 Å². The number of hydrogen-bond acceptors (Lipinski definition) is 6. The largest absolute Gasteiger partial charge is 0.370 e. The Bertz CT molecular complexity index is 1010. The number of nitrogens with zero attached hydrogens (tertiary/aromatic N) is 1. The first-order chi connectivity index (χ1) is 16.3. The van der Waals surface area contributed by atoms with E-state index in [0.29, 0.717) is 11.5 Å². The molecule has 0 N–H and O–H groups in total. The zero-order valence-corrected chi connectivity index (χ0v) is 21.0. The van der Waals surface area contributed by atoms with Crippen molar-refractivity contribution >= 4 is 26.2 Å². The van der Waals surface area contributed by atoms with E-state index in [9.17, 15) is 18.9 Å². The van der Waals surface area contributed by atoms with Crippen molar-refractivity contribution in [2.45, 2.75) is 51.3 Å². The van der Waals surface area contributed by atoms with E-state index in [2.05, 4.69) is 12.1 Å². The van der Waals surface area contributed by atoms with Crippen molar-refractivity contribution in [3.8, 4) is 0 Å². The number of imide groups is 1. The van der Waals surface area contributed by atoms with Crippen LogP contribution in [-0.2, 0) is 41.4 Å². The third-order valence-electron chi connectivity index (χ3n) is 6.10. The molecule has 1 heterocycles. The number of rotatable bonds is 11. The van der Waals surface area contributed by atoms with Crippen LogP contribution in [0.3, 0.4) is 0 Å². The van der Waals surface area contributed by atoms with Gasteiger partial charge in [0.15, 0.2) is 0 Å². The van der Waals surface area contributed by atoms with Crippen molar-refractivity contribution in [2.24, 2.45) is 11.8 Å². The Balaban J connectivity index is 1.81. The van der Waals surface area contributed by atoms with E-state index >= 15 is 0 Å². The number of carbonyl (C=O) groups is 3. The van der Waals surface area contributed by atoms with Gasteiger partial charge in [0.25, 0.3) is 11.8 Å². The van der Waals surface area contributed by atoms with Crippen LogP contribution in [0.25, 0.3) is 0 Å². The smallest absolute Gasteiger partial charge is 0.339 e. The van der Waals surface area contributed by atoms with Gasteiger partial charge in [0.2, 0.25) is 0 Å². The number of hydroxylamine groups is 2. The molecular weight excluding hydrogens is 453 g/mol. The standard InChI is InChI=1S/C26H32NO6P/c1-18(2)15-22(25(30)33-27-23(28)13-14-24(27)29)26(32-3,34-31)17-21-11-9-20(10-12-21)16-19-7-5-4-6-8-19/h4-12,18,22H,13-17,34H2,1-3H3. The minimum absolute atomic E-state index is 0.0124. The molecule has 0 spiro atoms. The summed E-state index contributed by atoms with van der Waals surface area (Å²) in [6.45, 7) is 3.87. The van der Waals surface area contributed by atoms with Crippen LogP contribution < -0.4 is 0 Å². The van der Waals surface area contributed by atoms with Crippen molar-refractivity contribution in [2.75, 3.05) is 7.11 Å². The van der Waals surface area contributed by atoms with Crippen molar-refractivity contribution in [3.63, 3.8) is 0 Å². The molecule has 0 aliphatic carbocycles. The first kappa shape index (κ1) is 25.9. The summed E-state index contributed by atoms with van der Waals surface area (Å²) in [6, 6.07) is 18.1. The van der Waals surface area contributed by atoms with Gasteiger partial charge in [-0.3, -0.25) is 9.59 Å². The van der Waals surface area contributed by atoms with Crippen LogP contribution in [0.4, 0.5) is 0 Å². The minimum Gasteiger partial charge on any atom is -0.370 e. The molecule has 2 aromatic carbocycles. The summed E-state index contributed by atoms with van der Waals surface area (Å²) in [7, 11) is -0.117. The Morgan fingerprint density at radius 1 is 0.971 bits per heavy atom. The second-order valence-corrected chi connectivity index (χ2v) is 10.3. The summed E-state index contributed by atoms with van der Waals surface area (Å²) in [4.78, 5) is 42.3. The van der Waals surface area contributed by atoms with E-state index < -0.39 is 37.5 Å². The van der Waals surface area contributed by atoms with Crippen LogP contribution in [0.1, 0.15) is 49.8 Å². The highest BCUT2D eigenvalue weighted by Crippen LogP contribution is 2.41. The fourth-order valence-electron chi connectivity index (χ4n) is 4.21. The second kappa shape index (κ2) is 11.6. The average molecular weight is 486 g/mol. The zero-order chi connectivity index (χ0) is 24.7. The molecule has 1 fully saturated rings. The predicted molar refractivity (Wildman–Crippen MR) is 130 cm³/mol.